The quantitative estimate of drug-likeness (QED) is 0.414. The molecule has 8 heteroatoms. The molecule has 106 valence electrons. The van der Waals surface area contributed by atoms with Crippen molar-refractivity contribution in [1.29, 1.82) is 0 Å². The third-order valence-corrected chi connectivity index (χ3v) is 2.21. The molecule has 0 radical (unpaired) electrons. The van der Waals surface area contributed by atoms with Crippen LogP contribution in [0.5, 0.6) is 0 Å². The number of carboxylic acids is 1. The highest BCUT2D eigenvalue weighted by Crippen LogP contribution is 2.08. The summed E-state index contributed by atoms with van der Waals surface area (Å²) in [7, 11) is 0. The molecule has 0 aliphatic rings. The Kier molecular flexibility index (Phi) is 5.70. The van der Waals surface area contributed by atoms with Gasteiger partial charge in [-0.3, -0.25) is 9.78 Å². The average Bonchev–Trinajstić information content (AvgIpc) is 2.41. The van der Waals surface area contributed by atoms with E-state index in [1.54, 1.807) is 0 Å². The third kappa shape index (κ3) is 5.17. The van der Waals surface area contributed by atoms with Gasteiger partial charge in [0.25, 0.3) is 5.91 Å². The van der Waals surface area contributed by atoms with E-state index in [1.165, 1.54) is 24.5 Å². The molecule has 0 saturated heterocycles. The van der Waals surface area contributed by atoms with Crippen LogP contribution in [0.3, 0.4) is 0 Å². The molecule has 0 spiro atoms. The van der Waals surface area contributed by atoms with Crippen molar-refractivity contribution in [3.8, 4) is 0 Å². The first-order valence-electron chi connectivity index (χ1n) is 5.67. The molecule has 0 aromatic carbocycles. The number of aliphatic carboxylic acids is 1. The molecular formula is C12H14N4O4. The topological polar surface area (TPSA) is 134 Å². The van der Waals surface area contributed by atoms with Gasteiger partial charge >= 0.3 is 12.0 Å². The van der Waals surface area contributed by atoms with E-state index in [0.717, 1.165) is 6.08 Å². The average molecular weight is 278 g/mol. The Balaban J connectivity index is 2.68. The van der Waals surface area contributed by atoms with Crippen LogP contribution in [-0.2, 0) is 4.79 Å². The van der Waals surface area contributed by atoms with E-state index in [1.807, 2.05) is 0 Å². The number of nitrogens with zero attached hydrogens (tertiary/aromatic N) is 1. The van der Waals surface area contributed by atoms with Gasteiger partial charge in [0, 0.05) is 42.7 Å². The van der Waals surface area contributed by atoms with Gasteiger partial charge in [0.2, 0.25) is 0 Å². The van der Waals surface area contributed by atoms with Crippen molar-refractivity contribution in [3.63, 3.8) is 0 Å². The molecule has 3 amide bonds. The summed E-state index contributed by atoms with van der Waals surface area (Å²) < 4.78 is 0. The van der Waals surface area contributed by atoms with Gasteiger partial charge in [-0.25, -0.2) is 9.59 Å². The lowest BCUT2D eigenvalue weighted by Gasteiger charge is -2.07. The van der Waals surface area contributed by atoms with E-state index in [-0.39, 0.29) is 18.7 Å². The van der Waals surface area contributed by atoms with Crippen LogP contribution in [0.4, 0.5) is 4.79 Å². The van der Waals surface area contributed by atoms with Crippen LogP contribution < -0.4 is 16.4 Å². The fourth-order valence-corrected chi connectivity index (χ4v) is 1.36. The van der Waals surface area contributed by atoms with Gasteiger partial charge in [-0.1, -0.05) is 0 Å². The van der Waals surface area contributed by atoms with Crippen molar-refractivity contribution < 1.29 is 19.5 Å². The minimum atomic E-state index is -1.12. The van der Waals surface area contributed by atoms with Crippen molar-refractivity contribution in [2.45, 2.75) is 0 Å². The SMILES string of the molecule is NC(=O)NCCNC(=O)c1ccncc1/C=C/C(=O)O. The van der Waals surface area contributed by atoms with E-state index in [9.17, 15) is 14.4 Å². The summed E-state index contributed by atoms with van der Waals surface area (Å²) in [6.07, 6.45) is 5.01. The van der Waals surface area contributed by atoms with Crippen molar-refractivity contribution in [1.82, 2.24) is 15.6 Å². The summed E-state index contributed by atoms with van der Waals surface area (Å²) in [5.74, 6) is -1.52. The summed E-state index contributed by atoms with van der Waals surface area (Å²) >= 11 is 0. The van der Waals surface area contributed by atoms with Crippen LogP contribution in [0.25, 0.3) is 6.08 Å². The minimum Gasteiger partial charge on any atom is -0.478 e. The third-order valence-electron chi connectivity index (χ3n) is 2.21. The Morgan fingerprint density at radius 3 is 2.65 bits per heavy atom. The van der Waals surface area contributed by atoms with Gasteiger partial charge in [0.05, 0.1) is 0 Å². The van der Waals surface area contributed by atoms with Crippen molar-refractivity contribution in [2.75, 3.05) is 13.1 Å². The van der Waals surface area contributed by atoms with Gasteiger partial charge in [0.15, 0.2) is 0 Å². The smallest absolute Gasteiger partial charge is 0.328 e. The monoisotopic (exact) mass is 278 g/mol. The van der Waals surface area contributed by atoms with E-state index >= 15 is 0 Å². The molecule has 1 rings (SSSR count). The maximum atomic E-state index is 11.9. The van der Waals surface area contributed by atoms with Crippen molar-refractivity contribution in [2.24, 2.45) is 5.73 Å². The number of rotatable bonds is 6. The molecule has 1 aromatic heterocycles. The second-order valence-corrected chi connectivity index (χ2v) is 3.68. The molecule has 0 fully saturated rings. The van der Waals surface area contributed by atoms with Crippen LogP contribution in [-0.4, -0.2) is 41.1 Å². The first-order chi connectivity index (χ1) is 9.50. The molecule has 1 aromatic rings. The molecular weight excluding hydrogens is 264 g/mol. The number of primary amides is 1. The van der Waals surface area contributed by atoms with Crippen LogP contribution in [0.1, 0.15) is 15.9 Å². The van der Waals surface area contributed by atoms with E-state index in [2.05, 4.69) is 15.6 Å². The predicted octanol–water partition coefficient (Wildman–Crippen LogP) is -0.422. The van der Waals surface area contributed by atoms with Gasteiger partial charge in [-0.15, -0.1) is 0 Å². The maximum absolute atomic E-state index is 11.9. The van der Waals surface area contributed by atoms with E-state index in [4.69, 9.17) is 10.8 Å². The number of carboxylic acid groups (broad SMARTS) is 1. The van der Waals surface area contributed by atoms with Crippen molar-refractivity contribution >= 4 is 24.0 Å². The lowest BCUT2D eigenvalue weighted by atomic mass is 10.1. The Labute approximate surface area is 114 Å². The maximum Gasteiger partial charge on any atom is 0.328 e. The number of nitrogens with one attached hydrogen (secondary N) is 2. The van der Waals surface area contributed by atoms with Crippen molar-refractivity contribution in [3.05, 3.63) is 35.7 Å². The van der Waals surface area contributed by atoms with Gasteiger partial charge in [-0.2, -0.15) is 0 Å². The lowest BCUT2D eigenvalue weighted by Crippen LogP contribution is -2.37. The zero-order valence-electron chi connectivity index (χ0n) is 10.5. The van der Waals surface area contributed by atoms with E-state index in [0.29, 0.717) is 5.56 Å². The zero-order chi connectivity index (χ0) is 15.0. The number of amides is 3. The highest BCUT2D eigenvalue weighted by Gasteiger charge is 2.09. The van der Waals surface area contributed by atoms with Crippen LogP contribution in [0.15, 0.2) is 24.5 Å². The number of carbonyl (C=O) groups excluding carboxylic acids is 2. The molecule has 0 aliphatic carbocycles. The lowest BCUT2D eigenvalue weighted by molar-refractivity contribution is -0.131. The summed E-state index contributed by atoms with van der Waals surface area (Å²) in [5.41, 5.74) is 5.55. The largest absolute Gasteiger partial charge is 0.478 e. The van der Waals surface area contributed by atoms with Gasteiger partial charge < -0.3 is 21.5 Å². The molecule has 1 heterocycles. The summed E-state index contributed by atoms with van der Waals surface area (Å²) in [6.45, 7) is 0.401. The number of aromatic nitrogens is 1. The molecule has 0 saturated carbocycles. The molecule has 5 N–H and O–H groups in total. The number of hydrogen-bond acceptors (Lipinski definition) is 4. The normalized spacial score (nSPS) is 10.2. The van der Waals surface area contributed by atoms with Gasteiger partial charge in [0.1, 0.15) is 0 Å². The predicted molar refractivity (Wildman–Crippen MR) is 70.8 cm³/mol. The first kappa shape index (κ1) is 15.2. The Morgan fingerprint density at radius 1 is 1.30 bits per heavy atom. The Hall–Kier alpha value is -2.90. The molecule has 0 unspecified atom stereocenters. The standard InChI is InChI=1S/C12H14N4O4/c13-12(20)16-6-5-15-11(19)9-3-4-14-7-8(9)1-2-10(17)18/h1-4,7H,5-6H2,(H,15,19)(H,17,18)(H3,13,16,20)/b2-1+. The molecule has 0 bridgehead atoms. The number of pyridine rings is 1. The summed E-state index contributed by atoms with van der Waals surface area (Å²) in [5, 5.41) is 13.5. The summed E-state index contributed by atoms with van der Waals surface area (Å²) in [4.78, 5) is 36.6. The van der Waals surface area contributed by atoms with E-state index < -0.39 is 17.9 Å². The fraction of sp³-hybridized carbons (Fsp3) is 0.167. The number of hydrogen-bond donors (Lipinski definition) is 4. The fourth-order valence-electron chi connectivity index (χ4n) is 1.36. The highest BCUT2D eigenvalue weighted by atomic mass is 16.4. The molecule has 20 heavy (non-hydrogen) atoms. The second kappa shape index (κ2) is 7.52. The highest BCUT2D eigenvalue weighted by molar-refractivity contribution is 5.98. The van der Waals surface area contributed by atoms with Crippen LogP contribution in [0, 0.1) is 0 Å². The number of urea groups is 1. The Bertz CT molecular complexity index is 542. The second-order valence-electron chi connectivity index (χ2n) is 3.68. The summed E-state index contributed by atoms with van der Waals surface area (Å²) in [6, 6.07) is 0.798. The van der Waals surface area contributed by atoms with Crippen LogP contribution in [0.2, 0.25) is 0 Å². The number of nitrogens with two attached hydrogens (primary N) is 1. The number of carbonyl (C=O) groups is 3. The van der Waals surface area contributed by atoms with Gasteiger partial charge in [-0.05, 0) is 12.1 Å². The zero-order valence-corrected chi connectivity index (χ0v) is 10.5. The Morgan fingerprint density at radius 2 is 2.00 bits per heavy atom. The molecule has 0 aliphatic heterocycles. The van der Waals surface area contributed by atoms with Crippen LogP contribution >= 0.6 is 0 Å². The molecule has 0 atom stereocenters. The minimum absolute atomic E-state index is 0.201. The first-order valence-corrected chi connectivity index (χ1v) is 5.67. The molecule has 8 nitrogen and oxygen atoms in total.